The number of thioether (sulfide) groups is 1. The molecular weight excluding hydrogens is 433 g/mol. The molecule has 0 bridgehead atoms. The van der Waals surface area contributed by atoms with Crippen LogP contribution in [0.3, 0.4) is 0 Å². The third-order valence-corrected chi connectivity index (χ3v) is 5.79. The lowest BCUT2D eigenvalue weighted by Gasteiger charge is -2.22. The molecule has 4 rings (SSSR count). The van der Waals surface area contributed by atoms with Gasteiger partial charge in [-0.1, -0.05) is 23.9 Å². The summed E-state index contributed by atoms with van der Waals surface area (Å²) in [4.78, 5) is 29.3. The number of carbonyl (C=O) groups excluding carboxylic acids is 2. The van der Waals surface area contributed by atoms with Crippen LogP contribution in [-0.2, 0) is 4.79 Å². The molecular formula is C23H18FN3O4S. The number of rotatable bonds is 5. The lowest BCUT2D eigenvalue weighted by molar-refractivity contribution is -0.131. The fraction of sp³-hybridized carbons (Fsp3) is 0.130. The molecule has 3 aromatic rings. The van der Waals surface area contributed by atoms with Crippen LogP contribution in [0.2, 0.25) is 0 Å². The molecule has 0 N–H and O–H groups in total. The Bertz CT molecular complexity index is 1200. The maximum atomic E-state index is 13.6. The normalized spacial score (nSPS) is 15.3. The van der Waals surface area contributed by atoms with E-state index in [1.807, 2.05) is 0 Å². The molecule has 7 nitrogen and oxygen atoms in total. The number of methoxy groups -OCH3 is 1. The predicted molar refractivity (Wildman–Crippen MR) is 118 cm³/mol. The topological polar surface area (TPSA) is 81.1 Å². The van der Waals surface area contributed by atoms with Gasteiger partial charge >= 0.3 is 5.97 Å². The number of para-hydroxylation sites is 1. The number of hydrazone groups is 1. The number of pyridine rings is 1. The maximum Gasteiger partial charge on any atom is 0.308 e. The molecule has 162 valence electrons. The average molecular weight is 451 g/mol. The van der Waals surface area contributed by atoms with E-state index in [4.69, 9.17) is 9.47 Å². The van der Waals surface area contributed by atoms with Gasteiger partial charge in [0.15, 0.2) is 0 Å². The van der Waals surface area contributed by atoms with Gasteiger partial charge in [-0.25, -0.2) is 14.4 Å². The summed E-state index contributed by atoms with van der Waals surface area (Å²) in [6, 6.07) is 15.8. The van der Waals surface area contributed by atoms with Crippen LogP contribution < -0.4 is 9.47 Å². The van der Waals surface area contributed by atoms with Crippen LogP contribution in [0.15, 0.2) is 72.0 Å². The van der Waals surface area contributed by atoms with Gasteiger partial charge in [0.1, 0.15) is 22.0 Å². The van der Waals surface area contributed by atoms with Crippen molar-refractivity contribution in [1.29, 1.82) is 0 Å². The number of hydrogen-bond acceptors (Lipinski definition) is 7. The fourth-order valence-electron chi connectivity index (χ4n) is 3.17. The smallest absolute Gasteiger partial charge is 0.308 e. The third-order valence-electron chi connectivity index (χ3n) is 4.57. The van der Waals surface area contributed by atoms with Crippen LogP contribution in [-0.4, -0.2) is 34.0 Å². The number of nitrogens with zero attached hydrogens (tertiary/aromatic N) is 3. The highest BCUT2D eigenvalue weighted by atomic mass is 32.2. The Morgan fingerprint density at radius 3 is 2.53 bits per heavy atom. The van der Waals surface area contributed by atoms with E-state index >= 15 is 0 Å². The minimum Gasteiger partial charge on any atom is -0.481 e. The van der Waals surface area contributed by atoms with E-state index in [1.54, 1.807) is 54.7 Å². The van der Waals surface area contributed by atoms with Gasteiger partial charge in [0.25, 0.3) is 5.91 Å². The standard InChI is InChI=1S/C23H18FN3O4S/c1-14(28)31-19-8-4-3-6-17(19)22(29)27-23(18-7-5-13-25-20(18)30-2)32-21(26-27)15-9-11-16(24)12-10-15/h3-13,23H,1-2H3. The highest BCUT2D eigenvalue weighted by Crippen LogP contribution is 2.45. The zero-order valence-electron chi connectivity index (χ0n) is 17.2. The quantitative estimate of drug-likeness (QED) is 0.422. The second-order valence-electron chi connectivity index (χ2n) is 6.72. The van der Waals surface area contributed by atoms with Crippen LogP contribution in [0, 0.1) is 5.82 Å². The minimum absolute atomic E-state index is 0.136. The molecule has 1 amide bonds. The second-order valence-corrected chi connectivity index (χ2v) is 7.79. The van der Waals surface area contributed by atoms with Crippen molar-refractivity contribution in [2.75, 3.05) is 7.11 Å². The zero-order chi connectivity index (χ0) is 22.7. The number of carbonyl (C=O) groups is 2. The first kappa shape index (κ1) is 21.5. The Labute approximate surface area is 187 Å². The molecule has 32 heavy (non-hydrogen) atoms. The molecule has 0 aliphatic carbocycles. The Hall–Kier alpha value is -3.72. The molecule has 0 saturated carbocycles. The molecule has 1 aliphatic heterocycles. The SMILES string of the molecule is COc1ncccc1C1SC(c2ccc(F)cc2)=NN1C(=O)c1ccccc1OC(C)=O. The second kappa shape index (κ2) is 9.19. The van der Waals surface area contributed by atoms with Gasteiger partial charge in [-0.15, -0.1) is 0 Å². The van der Waals surface area contributed by atoms with Crippen LogP contribution >= 0.6 is 11.8 Å². The van der Waals surface area contributed by atoms with Crippen molar-refractivity contribution in [2.45, 2.75) is 12.3 Å². The molecule has 2 aromatic carbocycles. The monoisotopic (exact) mass is 451 g/mol. The van der Waals surface area contributed by atoms with Crippen LogP contribution in [0.4, 0.5) is 4.39 Å². The van der Waals surface area contributed by atoms with E-state index in [9.17, 15) is 14.0 Å². The first-order chi connectivity index (χ1) is 15.5. The molecule has 0 saturated heterocycles. The summed E-state index contributed by atoms with van der Waals surface area (Å²) in [5.41, 5.74) is 1.48. The van der Waals surface area contributed by atoms with Gasteiger partial charge in [-0.3, -0.25) is 9.59 Å². The van der Waals surface area contributed by atoms with Crippen molar-refractivity contribution in [2.24, 2.45) is 5.10 Å². The Morgan fingerprint density at radius 2 is 1.81 bits per heavy atom. The summed E-state index contributed by atoms with van der Waals surface area (Å²) in [7, 11) is 1.50. The van der Waals surface area contributed by atoms with Crippen molar-refractivity contribution in [3.8, 4) is 11.6 Å². The van der Waals surface area contributed by atoms with Gasteiger partial charge in [0, 0.05) is 24.2 Å². The van der Waals surface area contributed by atoms with E-state index in [0.29, 0.717) is 22.1 Å². The number of amides is 1. The van der Waals surface area contributed by atoms with Gasteiger partial charge < -0.3 is 9.47 Å². The first-order valence-corrected chi connectivity index (χ1v) is 10.5. The highest BCUT2D eigenvalue weighted by molar-refractivity contribution is 8.14. The van der Waals surface area contributed by atoms with Crippen LogP contribution in [0.25, 0.3) is 0 Å². The Balaban J connectivity index is 1.78. The summed E-state index contributed by atoms with van der Waals surface area (Å²) in [6.45, 7) is 1.26. The average Bonchev–Trinajstić information content (AvgIpc) is 3.24. The van der Waals surface area contributed by atoms with Gasteiger partial charge in [-0.05, 0) is 48.5 Å². The number of hydrogen-bond donors (Lipinski definition) is 0. The van der Waals surface area contributed by atoms with Crippen LogP contribution in [0.5, 0.6) is 11.6 Å². The molecule has 2 heterocycles. The highest BCUT2D eigenvalue weighted by Gasteiger charge is 2.37. The first-order valence-electron chi connectivity index (χ1n) is 9.59. The van der Waals surface area contributed by atoms with Crippen LogP contribution in [0.1, 0.15) is 33.8 Å². The summed E-state index contributed by atoms with van der Waals surface area (Å²) >= 11 is 1.31. The summed E-state index contributed by atoms with van der Waals surface area (Å²) in [5, 5.41) is 5.76. The number of ether oxygens (including phenoxy) is 2. The summed E-state index contributed by atoms with van der Waals surface area (Å²) in [6.07, 6.45) is 1.59. The lowest BCUT2D eigenvalue weighted by atomic mass is 10.1. The Morgan fingerprint density at radius 1 is 1.06 bits per heavy atom. The number of aromatic nitrogens is 1. The summed E-state index contributed by atoms with van der Waals surface area (Å²) < 4.78 is 24.0. The molecule has 9 heteroatoms. The van der Waals surface area contributed by atoms with E-state index in [1.165, 1.54) is 42.9 Å². The van der Waals surface area contributed by atoms with Crippen molar-refractivity contribution < 1.29 is 23.5 Å². The number of esters is 1. The molecule has 1 unspecified atom stereocenters. The fourth-order valence-corrected chi connectivity index (χ4v) is 4.34. The molecule has 0 spiro atoms. The molecule has 1 aromatic heterocycles. The van der Waals surface area contributed by atoms with E-state index in [0.717, 1.165) is 0 Å². The molecule has 1 aliphatic rings. The van der Waals surface area contributed by atoms with E-state index in [-0.39, 0.29) is 17.1 Å². The van der Waals surface area contributed by atoms with Crippen molar-refractivity contribution in [1.82, 2.24) is 9.99 Å². The number of halogens is 1. The largest absolute Gasteiger partial charge is 0.481 e. The lowest BCUT2D eigenvalue weighted by Crippen LogP contribution is -2.27. The summed E-state index contributed by atoms with van der Waals surface area (Å²) in [5.74, 6) is -0.889. The van der Waals surface area contributed by atoms with Crippen molar-refractivity contribution in [3.63, 3.8) is 0 Å². The van der Waals surface area contributed by atoms with Crippen molar-refractivity contribution >= 4 is 28.7 Å². The van der Waals surface area contributed by atoms with E-state index < -0.39 is 17.3 Å². The molecule has 1 atom stereocenters. The maximum absolute atomic E-state index is 13.6. The van der Waals surface area contributed by atoms with E-state index in [2.05, 4.69) is 10.1 Å². The predicted octanol–water partition coefficient (Wildman–Crippen LogP) is 4.40. The Kier molecular flexibility index (Phi) is 6.18. The minimum atomic E-state index is -0.600. The third kappa shape index (κ3) is 4.33. The van der Waals surface area contributed by atoms with Gasteiger partial charge in [0.05, 0.1) is 12.7 Å². The van der Waals surface area contributed by atoms with Gasteiger partial charge in [0.2, 0.25) is 5.88 Å². The number of benzene rings is 2. The van der Waals surface area contributed by atoms with Gasteiger partial charge in [-0.2, -0.15) is 5.10 Å². The molecule has 0 radical (unpaired) electrons. The van der Waals surface area contributed by atoms with Crippen molar-refractivity contribution in [3.05, 3.63) is 89.4 Å². The zero-order valence-corrected chi connectivity index (χ0v) is 18.0. The molecule has 0 fully saturated rings.